The Balaban J connectivity index is 1.51. The van der Waals surface area contributed by atoms with E-state index < -0.39 is 19.9 Å². The number of carbonyl (C=O) groups excluding carboxylic acids is 2. The summed E-state index contributed by atoms with van der Waals surface area (Å²) in [7, 11) is -0.0470. The third-order valence-electron chi connectivity index (χ3n) is 8.61. The van der Waals surface area contributed by atoms with Crippen molar-refractivity contribution in [2.45, 2.75) is 90.3 Å². The fraction of sp³-hybridized carbons (Fsp3) is 0.543. The van der Waals surface area contributed by atoms with Gasteiger partial charge >= 0.3 is 5.97 Å². The van der Waals surface area contributed by atoms with E-state index in [0.717, 1.165) is 36.0 Å². The summed E-state index contributed by atoms with van der Waals surface area (Å²) in [4.78, 5) is 30.2. The van der Waals surface area contributed by atoms with Crippen LogP contribution >= 0.6 is 0 Å². The molecule has 240 valence electrons. The van der Waals surface area contributed by atoms with Crippen molar-refractivity contribution < 1.29 is 27.9 Å². The topological polar surface area (TPSA) is 81.5 Å². The maximum atomic E-state index is 13.7. The minimum absolute atomic E-state index is 0.0394. The molecule has 1 aliphatic rings. The highest BCUT2D eigenvalue weighted by atomic mass is 28.4. The fourth-order valence-electron chi connectivity index (χ4n) is 5.25. The molecule has 1 fully saturated rings. The first-order valence-corrected chi connectivity index (χ1v) is 18.5. The molecule has 2 unspecified atom stereocenters. The van der Waals surface area contributed by atoms with Crippen LogP contribution in [0.1, 0.15) is 65.3 Å². The first-order valence-electron chi connectivity index (χ1n) is 15.6. The number of benzene rings is 2. The van der Waals surface area contributed by atoms with E-state index in [1.54, 1.807) is 0 Å². The Bertz CT molecular complexity index is 1400. The number of para-hydroxylation sites is 1. The van der Waals surface area contributed by atoms with Crippen molar-refractivity contribution in [1.82, 2.24) is 9.80 Å². The van der Waals surface area contributed by atoms with E-state index in [-0.39, 0.29) is 36.1 Å². The molecule has 8 nitrogen and oxygen atoms in total. The van der Waals surface area contributed by atoms with Gasteiger partial charge in [-0.1, -0.05) is 51.1 Å². The van der Waals surface area contributed by atoms with E-state index in [1.807, 2.05) is 87.3 Å². The third-order valence-corrected chi connectivity index (χ3v) is 13.1. The van der Waals surface area contributed by atoms with Crippen LogP contribution in [-0.4, -0.2) is 75.0 Å². The molecule has 2 heterocycles. The minimum atomic E-state index is -1.90. The lowest BCUT2D eigenvalue weighted by molar-refractivity contribution is -0.157. The van der Waals surface area contributed by atoms with Gasteiger partial charge in [0, 0.05) is 32.1 Å². The van der Waals surface area contributed by atoms with Crippen molar-refractivity contribution >= 4 is 31.2 Å². The molecule has 2 aromatic carbocycles. The summed E-state index contributed by atoms with van der Waals surface area (Å²) in [5.74, 6) is 0.724. The second-order valence-corrected chi connectivity index (χ2v) is 19.2. The van der Waals surface area contributed by atoms with Gasteiger partial charge in [0.1, 0.15) is 22.7 Å². The quantitative estimate of drug-likeness (QED) is 0.168. The van der Waals surface area contributed by atoms with Crippen LogP contribution in [0.3, 0.4) is 0 Å². The zero-order chi connectivity index (χ0) is 32.3. The van der Waals surface area contributed by atoms with Crippen LogP contribution in [0.5, 0.6) is 5.75 Å². The summed E-state index contributed by atoms with van der Waals surface area (Å²) < 4.78 is 23.9. The second kappa shape index (κ2) is 13.5. The van der Waals surface area contributed by atoms with Gasteiger partial charge in [0.25, 0.3) is 0 Å². The SMILES string of the molecule is CN(C(=O)Cc1cc2ccccc2o1)C(CN1CCC(O[Si](C)(C)C(C)(C)C)C1)c1cccc(OCC(=O)OC(C)(C)C)c1. The van der Waals surface area contributed by atoms with Gasteiger partial charge in [-0.05, 0) is 75.2 Å². The molecule has 4 rings (SSSR count). The number of amides is 1. The molecule has 2 atom stereocenters. The van der Waals surface area contributed by atoms with E-state index in [4.69, 9.17) is 18.3 Å². The maximum Gasteiger partial charge on any atom is 0.344 e. The van der Waals surface area contributed by atoms with Crippen molar-refractivity contribution in [3.63, 3.8) is 0 Å². The number of hydrogen-bond donors (Lipinski definition) is 0. The number of furan rings is 1. The highest BCUT2D eigenvalue weighted by Gasteiger charge is 2.41. The van der Waals surface area contributed by atoms with Gasteiger partial charge < -0.3 is 23.2 Å². The predicted molar refractivity (Wildman–Crippen MR) is 176 cm³/mol. The number of rotatable bonds is 11. The molecule has 0 spiro atoms. The number of likely N-dealkylation sites (tertiary alicyclic amines) is 1. The third kappa shape index (κ3) is 8.96. The molecule has 9 heteroatoms. The van der Waals surface area contributed by atoms with Crippen LogP contribution in [0.15, 0.2) is 59.0 Å². The normalized spacial score (nSPS) is 17.1. The van der Waals surface area contributed by atoms with Gasteiger partial charge in [0.15, 0.2) is 14.9 Å². The molecule has 0 saturated carbocycles. The van der Waals surface area contributed by atoms with Crippen molar-refractivity contribution in [2.75, 3.05) is 33.3 Å². The Labute approximate surface area is 263 Å². The Morgan fingerprint density at radius 3 is 2.45 bits per heavy atom. The highest BCUT2D eigenvalue weighted by Crippen LogP contribution is 2.38. The summed E-state index contributed by atoms with van der Waals surface area (Å²) in [5.41, 5.74) is 1.12. The average Bonchev–Trinajstić information content (AvgIpc) is 3.54. The summed E-state index contributed by atoms with van der Waals surface area (Å²) in [6, 6.07) is 17.1. The van der Waals surface area contributed by atoms with E-state index in [2.05, 4.69) is 38.8 Å². The zero-order valence-electron chi connectivity index (χ0n) is 27.9. The number of fused-ring (bicyclic) bond motifs is 1. The molecule has 0 bridgehead atoms. The van der Waals surface area contributed by atoms with Gasteiger partial charge in [0.2, 0.25) is 5.91 Å². The van der Waals surface area contributed by atoms with Gasteiger partial charge in [-0.3, -0.25) is 9.69 Å². The number of likely N-dealkylation sites (N-methyl/N-ethyl adjacent to an activating group) is 1. The van der Waals surface area contributed by atoms with Crippen LogP contribution in [0, 0.1) is 0 Å². The first-order chi connectivity index (χ1) is 20.5. The number of ether oxygens (including phenoxy) is 2. The predicted octanol–water partition coefficient (Wildman–Crippen LogP) is 6.99. The van der Waals surface area contributed by atoms with Gasteiger partial charge in [-0.15, -0.1) is 0 Å². The number of carbonyl (C=O) groups is 2. The van der Waals surface area contributed by atoms with Crippen LogP contribution < -0.4 is 4.74 Å². The van der Waals surface area contributed by atoms with Crippen LogP contribution in [0.4, 0.5) is 0 Å². The van der Waals surface area contributed by atoms with Gasteiger partial charge in [-0.2, -0.15) is 0 Å². The fourth-order valence-corrected chi connectivity index (χ4v) is 6.62. The Kier molecular flexibility index (Phi) is 10.3. The lowest BCUT2D eigenvalue weighted by Gasteiger charge is -2.38. The van der Waals surface area contributed by atoms with Crippen LogP contribution in [-0.2, 0) is 25.2 Å². The molecule has 0 radical (unpaired) electrons. The molecular formula is C35H50N2O6Si. The molecule has 1 amide bonds. The molecule has 1 aromatic heterocycles. The Hall–Kier alpha value is -3.14. The number of hydrogen-bond acceptors (Lipinski definition) is 7. The molecule has 44 heavy (non-hydrogen) atoms. The summed E-state index contributed by atoms with van der Waals surface area (Å²) in [5, 5.41) is 1.13. The van der Waals surface area contributed by atoms with Crippen LogP contribution in [0.2, 0.25) is 18.1 Å². The van der Waals surface area contributed by atoms with E-state index in [1.165, 1.54) is 0 Å². The second-order valence-electron chi connectivity index (χ2n) is 14.4. The number of nitrogens with zero attached hydrogens (tertiary/aromatic N) is 2. The maximum absolute atomic E-state index is 13.7. The molecular weight excluding hydrogens is 572 g/mol. The molecule has 3 aromatic rings. The smallest absolute Gasteiger partial charge is 0.344 e. The van der Waals surface area contributed by atoms with Crippen molar-refractivity contribution in [3.05, 3.63) is 65.9 Å². The van der Waals surface area contributed by atoms with E-state index in [9.17, 15) is 9.59 Å². The minimum Gasteiger partial charge on any atom is -0.482 e. The van der Waals surface area contributed by atoms with Crippen LogP contribution in [0.25, 0.3) is 11.0 Å². The van der Waals surface area contributed by atoms with Gasteiger partial charge in [-0.25, -0.2) is 4.79 Å². The van der Waals surface area contributed by atoms with Crippen molar-refractivity contribution in [2.24, 2.45) is 0 Å². The molecule has 1 saturated heterocycles. The Morgan fingerprint density at radius 2 is 1.77 bits per heavy atom. The molecule has 0 N–H and O–H groups in total. The Morgan fingerprint density at radius 1 is 1.05 bits per heavy atom. The monoisotopic (exact) mass is 622 g/mol. The standard InChI is InChI=1S/C35H50N2O6Si/c1-34(2,3)42-33(39)24-40-27-15-12-14-25(19-27)30(23-37-18-17-28(22-37)43-44(8,9)35(4,5)6)36(7)32(38)21-29-20-26-13-10-11-16-31(26)41-29/h10-16,19-20,28,30H,17-18,21-24H2,1-9H3. The first kappa shape index (κ1) is 33.7. The average molecular weight is 623 g/mol. The summed E-state index contributed by atoms with van der Waals surface area (Å²) in [6.45, 7) is 19.1. The lowest BCUT2D eigenvalue weighted by Crippen LogP contribution is -2.45. The lowest BCUT2D eigenvalue weighted by atomic mass is 10.0. The van der Waals surface area contributed by atoms with E-state index >= 15 is 0 Å². The summed E-state index contributed by atoms with van der Waals surface area (Å²) in [6.07, 6.45) is 1.30. The van der Waals surface area contributed by atoms with Crippen molar-refractivity contribution in [3.8, 4) is 5.75 Å². The highest BCUT2D eigenvalue weighted by molar-refractivity contribution is 6.74. The number of esters is 1. The van der Waals surface area contributed by atoms with Gasteiger partial charge in [0.05, 0.1) is 18.6 Å². The molecule has 0 aliphatic carbocycles. The largest absolute Gasteiger partial charge is 0.482 e. The zero-order valence-corrected chi connectivity index (χ0v) is 28.9. The van der Waals surface area contributed by atoms with E-state index in [0.29, 0.717) is 18.1 Å². The molecule has 1 aliphatic heterocycles. The van der Waals surface area contributed by atoms with Crippen molar-refractivity contribution in [1.29, 1.82) is 0 Å². The summed E-state index contributed by atoms with van der Waals surface area (Å²) >= 11 is 0.